The normalized spacial score (nSPS) is 12.3. The van der Waals surface area contributed by atoms with Gasteiger partial charge in [0.1, 0.15) is 5.82 Å². The maximum atomic E-state index is 5.63. The van der Waals surface area contributed by atoms with Gasteiger partial charge in [0, 0.05) is 12.2 Å². The third-order valence-electron chi connectivity index (χ3n) is 2.27. The fourth-order valence-corrected chi connectivity index (χ4v) is 1.63. The molecule has 0 amide bonds. The van der Waals surface area contributed by atoms with Crippen LogP contribution >= 0.6 is 0 Å². The summed E-state index contributed by atoms with van der Waals surface area (Å²) in [7, 11) is 0. The molecule has 0 spiro atoms. The van der Waals surface area contributed by atoms with Crippen LogP contribution in [-0.2, 0) is 6.42 Å². The van der Waals surface area contributed by atoms with Crippen molar-refractivity contribution in [1.82, 2.24) is 10.3 Å². The number of hydrogen-bond acceptors (Lipinski definition) is 3. The van der Waals surface area contributed by atoms with Gasteiger partial charge in [-0.05, 0) is 37.1 Å². The van der Waals surface area contributed by atoms with Crippen LogP contribution in [0.1, 0.15) is 18.9 Å². The summed E-state index contributed by atoms with van der Waals surface area (Å²) in [6.07, 6.45) is 5.63. The Morgan fingerprint density at radius 1 is 1.67 bits per heavy atom. The van der Waals surface area contributed by atoms with Gasteiger partial charge in [-0.2, -0.15) is 0 Å². The molecule has 3 heteroatoms. The second-order valence-corrected chi connectivity index (χ2v) is 3.57. The highest BCUT2D eigenvalue weighted by molar-refractivity contribution is 5.32. The first-order chi connectivity index (χ1) is 7.26. The smallest absolute Gasteiger partial charge is 0.123 e. The molecule has 1 unspecified atom stereocenters. The van der Waals surface area contributed by atoms with Crippen molar-refractivity contribution in [1.29, 1.82) is 0 Å². The van der Waals surface area contributed by atoms with Crippen molar-refractivity contribution in [2.24, 2.45) is 0 Å². The highest BCUT2D eigenvalue weighted by atomic mass is 14.9. The molecule has 0 aliphatic carbocycles. The molecule has 0 aliphatic heterocycles. The number of nitrogen functional groups attached to an aromatic ring is 1. The minimum atomic E-state index is 0.439. The van der Waals surface area contributed by atoms with E-state index in [0.717, 1.165) is 19.4 Å². The lowest BCUT2D eigenvalue weighted by Gasteiger charge is -2.15. The summed E-state index contributed by atoms with van der Waals surface area (Å²) in [6.45, 7) is 6.84. The van der Waals surface area contributed by atoms with Crippen LogP contribution in [0, 0.1) is 0 Å². The quantitative estimate of drug-likeness (QED) is 0.696. The number of nitrogens with one attached hydrogen (secondary N) is 1. The van der Waals surface area contributed by atoms with Crippen LogP contribution in [0.3, 0.4) is 0 Å². The highest BCUT2D eigenvalue weighted by Crippen LogP contribution is 2.08. The zero-order chi connectivity index (χ0) is 11.1. The molecule has 0 saturated heterocycles. The molecule has 3 nitrogen and oxygen atoms in total. The Kier molecular flexibility index (Phi) is 4.84. The van der Waals surface area contributed by atoms with Crippen molar-refractivity contribution in [3.63, 3.8) is 0 Å². The number of anilines is 1. The van der Waals surface area contributed by atoms with Gasteiger partial charge < -0.3 is 11.1 Å². The molecule has 15 heavy (non-hydrogen) atoms. The third-order valence-corrected chi connectivity index (χ3v) is 2.27. The minimum Gasteiger partial charge on any atom is -0.384 e. The van der Waals surface area contributed by atoms with Crippen molar-refractivity contribution in [3.8, 4) is 0 Å². The van der Waals surface area contributed by atoms with E-state index in [2.05, 4.69) is 23.8 Å². The van der Waals surface area contributed by atoms with Crippen LogP contribution in [0.15, 0.2) is 31.0 Å². The largest absolute Gasteiger partial charge is 0.384 e. The lowest BCUT2D eigenvalue weighted by atomic mass is 10.0. The molecule has 1 atom stereocenters. The van der Waals surface area contributed by atoms with E-state index in [0.29, 0.717) is 11.9 Å². The van der Waals surface area contributed by atoms with Crippen molar-refractivity contribution in [3.05, 3.63) is 36.5 Å². The van der Waals surface area contributed by atoms with Crippen LogP contribution in [-0.4, -0.2) is 17.6 Å². The first-order valence-corrected chi connectivity index (χ1v) is 5.31. The van der Waals surface area contributed by atoms with Crippen LogP contribution in [0.5, 0.6) is 0 Å². The molecule has 82 valence electrons. The monoisotopic (exact) mass is 205 g/mol. The molecule has 0 fully saturated rings. The molecule has 0 aliphatic rings. The molecule has 0 saturated carbocycles. The predicted octanol–water partition coefficient (Wildman–Crippen LogP) is 1.76. The van der Waals surface area contributed by atoms with E-state index in [1.54, 1.807) is 6.20 Å². The molecule has 0 bridgehead atoms. The van der Waals surface area contributed by atoms with Crippen molar-refractivity contribution in [2.45, 2.75) is 25.8 Å². The van der Waals surface area contributed by atoms with Crippen LogP contribution < -0.4 is 11.1 Å². The average molecular weight is 205 g/mol. The summed E-state index contributed by atoms with van der Waals surface area (Å²) in [5.41, 5.74) is 6.85. The van der Waals surface area contributed by atoms with Gasteiger partial charge in [0.05, 0.1) is 0 Å². The van der Waals surface area contributed by atoms with E-state index in [1.807, 2.05) is 18.2 Å². The Morgan fingerprint density at radius 2 is 2.47 bits per heavy atom. The first-order valence-electron chi connectivity index (χ1n) is 5.31. The minimum absolute atomic E-state index is 0.439. The van der Waals surface area contributed by atoms with E-state index in [-0.39, 0.29) is 0 Å². The molecule has 3 N–H and O–H groups in total. The fourth-order valence-electron chi connectivity index (χ4n) is 1.63. The van der Waals surface area contributed by atoms with E-state index in [9.17, 15) is 0 Å². The standard InChI is InChI=1S/C12H19N3/c1-3-5-11(14-4-2)8-10-6-7-15-12(13)9-10/h3,6-7,9,11,14H,1,4-5,8H2,2H3,(H2,13,15). The van der Waals surface area contributed by atoms with Gasteiger partial charge in [0.15, 0.2) is 0 Å². The van der Waals surface area contributed by atoms with E-state index in [1.165, 1.54) is 5.56 Å². The summed E-state index contributed by atoms with van der Waals surface area (Å²) in [4.78, 5) is 3.98. The Balaban J connectivity index is 2.60. The van der Waals surface area contributed by atoms with Crippen LogP contribution in [0.4, 0.5) is 5.82 Å². The second-order valence-electron chi connectivity index (χ2n) is 3.57. The highest BCUT2D eigenvalue weighted by Gasteiger charge is 2.06. The molecule has 1 aromatic heterocycles. The van der Waals surface area contributed by atoms with E-state index < -0.39 is 0 Å². The summed E-state index contributed by atoms with van der Waals surface area (Å²) >= 11 is 0. The number of rotatable bonds is 6. The van der Waals surface area contributed by atoms with Gasteiger partial charge in [-0.25, -0.2) is 4.98 Å². The maximum absolute atomic E-state index is 5.63. The second kappa shape index (κ2) is 6.19. The van der Waals surface area contributed by atoms with Gasteiger partial charge in [0.25, 0.3) is 0 Å². The zero-order valence-electron chi connectivity index (χ0n) is 9.24. The number of nitrogens with two attached hydrogens (primary N) is 1. The van der Waals surface area contributed by atoms with Gasteiger partial charge in [0.2, 0.25) is 0 Å². The summed E-state index contributed by atoms with van der Waals surface area (Å²) in [5, 5.41) is 3.42. The lowest BCUT2D eigenvalue weighted by molar-refractivity contribution is 0.529. The number of aromatic nitrogens is 1. The molecular weight excluding hydrogens is 186 g/mol. The van der Waals surface area contributed by atoms with Crippen LogP contribution in [0.25, 0.3) is 0 Å². The van der Waals surface area contributed by atoms with E-state index >= 15 is 0 Å². The van der Waals surface area contributed by atoms with Crippen molar-refractivity contribution < 1.29 is 0 Å². The Morgan fingerprint density at radius 3 is 3.07 bits per heavy atom. The van der Waals surface area contributed by atoms with Crippen molar-refractivity contribution in [2.75, 3.05) is 12.3 Å². The average Bonchev–Trinajstić information content (AvgIpc) is 2.18. The van der Waals surface area contributed by atoms with Crippen molar-refractivity contribution >= 4 is 5.82 Å². The molecule has 1 heterocycles. The Bertz CT molecular complexity index is 309. The van der Waals surface area contributed by atoms with Gasteiger partial charge >= 0.3 is 0 Å². The topological polar surface area (TPSA) is 50.9 Å². The summed E-state index contributed by atoms with van der Waals surface area (Å²) in [6, 6.07) is 4.37. The summed E-state index contributed by atoms with van der Waals surface area (Å²) < 4.78 is 0. The first kappa shape index (κ1) is 11.7. The van der Waals surface area contributed by atoms with Crippen LogP contribution in [0.2, 0.25) is 0 Å². The molecule has 0 aromatic carbocycles. The number of hydrogen-bond donors (Lipinski definition) is 2. The molecular formula is C12H19N3. The molecule has 1 aromatic rings. The molecule has 0 radical (unpaired) electrons. The van der Waals surface area contributed by atoms with Gasteiger partial charge in [-0.15, -0.1) is 6.58 Å². The lowest BCUT2D eigenvalue weighted by Crippen LogP contribution is -2.30. The number of likely N-dealkylation sites (N-methyl/N-ethyl adjacent to an activating group) is 1. The predicted molar refractivity (Wildman–Crippen MR) is 64.6 cm³/mol. The fraction of sp³-hybridized carbons (Fsp3) is 0.417. The van der Waals surface area contributed by atoms with Gasteiger partial charge in [-0.3, -0.25) is 0 Å². The Hall–Kier alpha value is -1.35. The SMILES string of the molecule is C=CCC(Cc1ccnc(N)c1)NCC. The maximum Gasteiger partial charge on any atom is 0.123 e. The Labute approximate surface area is 91.4 Å². The van der Waals surface area contributed by atoms with E-state index in [4.69, 9.17) is 5.73 Å². The number of pyridine rings is 1. The summed E-state index contributed by atoms with van der Waals surface area (Å²) in [5.74, 6) is 0.585. The molecule has 1 rings (SSSR count). The van der Waals surface area contributed by atoms with Gasteiger partial charge in [-0.1, -0.05) is 13.0 Å². The third kappa shape index (κ3) is 4.13. The number of nitrogens with zero attached hydrogens (tertiary/aromatic N) is 1. The zero-order valence-corrected chi connectivity index (χ0v) is 9.24.